The fraction of sp³-hybridized carbons (Fsp3) is 0.333. The number of fused-ring (bicyclic) bond motifs is 1. The molecule has 66 valence electrons. The Hall–Kier alpha value is -1.16. The van der Waals surface area contributed by atoms with Crippen molar-refractivity contribution in [3.05, 3.63) is 17.8 Å². The minimum atomic E-state index is 0.607. The van der Waals surface area contributed by atoms with Gasteiger partial charge in [0.25, 0.3) is 0 Å². The predicted molar refractivity (Wildman–Crippen MR) is 53.8 cm³/mol. The molecular weight excluding hydrogens is 182 g/mol. The van der Waals surface area contributed by atoms with Crippen LogP contribution in [-0.4, -0.2) is 9.97 Å². The third kappa shape index (κ3) is 1.18. The van der Waals surface area contributed by atoms with Crippen LogP contribution < -0.4 is 5.73 Å². The van der Waals surface area contributed by atoms with E-state index in [9.17, 15) is 0 Å². The molecule has 2 N–H and O–H groups in total. The molecule has 3 nitrogen and oxygen atoms in total. The van der Waals surface area contributed by atoms with E-state index in [4.69, 9.17) is 5.73 Å². The number of nitrogen functional groups attached to an aromatic ring is 1. The quantitative estimate of drug-likeness (QED) is 0.751. The number of thiazole rings is 1. The third-order valence-corrected chi connectivity index (χ3v) is 3.15. The number of nitrogens with two attached hydrogens (primary N) is 1. The molecule has 1 saturated carbocycles. The Bertz CT molecular complexity index is 459. The van der Waals surface area contributed by atoms with Crippen molar-refractivity contribution in [3.63, 3.8) is 0 Å². The van der Waals surface area contributed by atoms with Crippen molar-refractivity contribution in [2.45, 2.75) is 18.8 Å². The number of nitrogens with zero attached hydrogens (tertiary/aromatic N) is 2. The summed E-state index contributed by atoms with van der Waals surface area (Å²) in [5.74, 6) is 0.750. The standard InChI is InChI=1S/C9H9N3S/c10-9-12-8-7(13-9)3-6(4-11-8)5-1-2-5/h3-5H,1-2H2,(H2,10,11,12). The maximum Gasteiger partial charge on any atom is 0.182 e. The molecule has 2 aromatic rings. The molecule has 13 heavy (non-hydrogen) atoms. The largest absolute Gasteiger partial charge is 0.375 e. The van der Waals surface area contributed by atoms with Crippen molar-refractivity contribution >= 4 is 26.8 Å². The summed E-state index contributed by atoms with van der Waals surface area (Å²) in [7, 11) is 0. The molecule has 0 atom stereocenters. The first kappa shape index (κ1) is 7.26. The van der Waals surface area contributed by atoms with Crippen molar-refractivity contribution in [2.24, 2.45) is 0 Å². The van der Waals surface area contributed by atoms with E-state index in [1.54, 1.807) is 0 Å². The second kappa shape index (κ2) is 2.42. The second-order valence-electron chi connectivity index (χ2n) is 3.42. The van der Waals surface area contributed by atoms with Crippen LogP contribution in [0.15, 0.2) is 12.3 Å². The Morgan fingerprint density at radius 2 is 2.31 bits per heavy atom. The summed E-state index contributed by atoms with van der Waals surface area (Å²) in [5, 5.41) is 0.607. The summed E-state index contributed by atoms with van der Waals surface area (Å²) in [4.78, 5) is 8.40. The van der Waals surface area contributed by atoms with E-state index in [0.29, 0.717) is 5.13 Å². The van der Waals surface area contributed by atoms with Crippen LogP contribution in [0.4, 0.5) is 5.13 Å². The van der Waals surface area contributed by atoms with Gasteiger partial charge >= 0.3 is 0 Å². The van der Waals surface area contributed by atoms with Crippen molar-refractivity contribution in [1.82, 2.24) is 9.97 Å². The SMILES string of the molecule is Nc1nc2ncc(C3CC3)cc2s1. The van der Waals surface area contributed by atoms with Gasteiger partial charge in [-0.05, 0) is 30.4 Å². The highest BCUT2D eigenvalue weighted by Crippen LogP contribution is 2.40. The number of pyridine rings is 1. The fourth-order valence-corrected chi connectivity index (χ4v) is 2.23. The molecular formula is C9H9N3S. The summed E-state index contributed by atoms with van der Waals surface area (Å²) in [6.45, 7) is 0. The lowest BCUT2D eigenvalue weighted by Crippen LogP contribution is -1.83. The van der Waals surface area contributed by atoms with E-state index in [0.717, 1.165) is 16.3 Å². The molecule has 1 fully saturated rings. The molecule has 3 rings (SSSR count). The molecule has 0 radical (unpaired) electrons. The van der Waals surface area contributed by atoms with Crippen molar-refractivity contribution in [1.29, 1.82) is 0 Å². The highest BCUT2D eigenvalue weighted by atomic mass is 32.1. The van der Waals surface area contributed by atoms with Crippen LogP contribution in [0.25, 0.3) is 10.3 Å². The van der Waals surface area contributed by atoms with Gasteiger partial charge in [-0.1, -0.05) is 11.3 Å². The number of rotatable bonds is 1. The molecule has 0 unspecified atom stereocenters. The first-order valence-corrected chi connectivity index (χ1v) is 5.16. The number of hydrogen-bond acceptors (Lipinski definition) is 4. The average molecular weight is 191 g/mol. The first-order valence-electron chi connectivity index (χ1n) is 4.35. The van der Waals surface area contributed by atoms with Gasteiger partial charge in [-0.3, -0.25) is 0 Å². The first-order chi connectivity index (χ1) is 6.33. The molecule has 0 saturated heterocycles. The molecule has 0 amide bonds. The Kier molecular flexibility index (Phi) is 1.35. The Morgan fingerprint density at radius 3 is 3.08 bits per heavy atom. The summed E-state index contributed by atoms with van der Waals surface area (Å²) in [6, 6.07) is 2.17. The third-order valence-electron chi connectivity index (χ3n) is 2.33. The lowest BCUT2D eigenvalue weighted by Gasteiger charge is -1.94. The van der Waals surface area contributed by atoms with Gasteiger partial charge in [-0.25, -0.2) is 9.97 Å². The highest BCUT2D eigenvalue weighted by molar-refractivity contribution is 7.21. The molecule has 2 aromatic heterocycles. The van der Waals surface area contributed by atoms with Crippen molar-refractivity contribution in [3.8, 4) is 0 Å². The predicted octanol–water partition coefficient (Wildman–Crippen LogP) is 2.15. The van der Waals surface area contributed by atoms with Gasteiger partial charge in [-0.2, -0.15) is 0 Å². The second-order valence-corrected chi connectivity index (χ2v) is 4.48. The lowest BCUT2D eigenvalue weighted by atomic mass is 10.2. The maximum absolute atomic E-state index is 5.60. The van der Waals surface area contributed by atoms with Crippen LogP contribution in [0.5, 0.6) is 0 Å². The molecule has 4 heteroatoms. The summed E-state index contributed by atoms with van der Waals surface area (Å²) < 4.78 is 1.11. The zero-order valence-corrected chi connectivity index (χ0v) is 7.84. The molecule has 1 aliphatic rings. The molecule has 0 aliphatic heterocycles. The number of hydrogen-bond donors (Lipinski definition) is 1. The van der Waals surface area contributed by atoms with Gasteiger partial charge in [0, 0.05) is 6.20 Å². The minimum Gasteiger partial charge on any atom is -0.375 e. The summed E-state index contributed by atoms with van der Waals surface area (Å²) in [5.41, 5.74) is 7.73. The topological polar surface area (TPSA) is 51.8 Å². The Labute approximate surface area is 79.6 Å². The van der Waals surface area contributed by atoms with Crippen LogP contribution in [0.2, 0.25) is 0 Å². The van der Waals surface area contributed by atoms with Crippen LogP contribution >= 0.6 is 11.3 Å². The normalized spacial score (nSPS) is 16.6. The zero-order valence-electron chi connectivity index (χ0n) is 7.03. The monoisotopic (exact) mass is 191 g/mol. The maximum atomic E-state index is 5.60. The van der Waals surface area contributed by atoms with Gasteiger partial charge in [0.1, 0.15) is 0 Å². The van der Waals surface area contributed by atoms with Crippen LogP contribution in [0.3, 0.4) is 0 Å². The highest BCUT2D eigenvalue weighted by Gasteiger charge is 2.24. The van der Waals surface area contributed by atoms with Crippen molar-refractivity contribution < 1.29 is 0 Å². The van der Waals surface area contributed by atoms with E-state index in [1.807, 2.05) is 6.20 Å². The molecule has 0 spiro atoms. The van der Waals surface area contributed by atoms with Gasteiger partial charge in [0.05, 0.1) is 4.70 Å². The van der Waals surface area contributed by atoms with Crippen LogP contribution in [-0.2, 0) is 0 Å². The smallest absolute Gasteiger partial charge is 0.182 e. The number of anilines is 1. The average Bonchev–Trinajstić information content (AvgIpc) is 2.87. The van der Waals surface area contributed by atoms with Gasteiger partial charge in [-0.15, -0.1) is 0 Å². The van der Waals surface area contributed by atoms with Gasteiger partial charge < -0.3 is 5.73 Å². The van der Waals surface area contributed by atoms with Crippen molar-refractivity contribution in [2.75, 3.05) is 5.73 Å². The van der Waals surface area contributed by atoms with E-state index >= 15 is 0 Å². The Morgan fingerprint density at radius 1 is 1.46 bits per heavy atom. The molecule has 1 aliphatic carbocycles. The van der Waals surface area contributed by atoms with Gasteiger partial charge in [0.15, 0.2) is 10.8 Å². The van der Waals surface area contributed by atoms with Crippen LogP contribution in [0.1, 0.15) is 24.3 Å². The molecule has 0 aromatic carbocycles. The molecule has 2 heterocycles. The number of aromatic nitrogens is 2. The van der Waals surface area contributed by atoms with Crippen LogP contribution in [0, 0.1) is 0 Å². The van der Waals surface area contributed by atoms with E-state index < -0.39 is 0 Å². The molecule has 0 bridgehead atoms. The van der Waals surface area contributed by atoms with Gasteiger partial charge in [0.2, 0.25) is 0 Å². The van der Waals surface area contributed by atoms with E-state index in [-0.39, 0.29) is 0 Å². The minimum absolute atomic E-state index is 0.607. The van der Waals surface area contributed by atoms with E-state index in [1.165, 1.54) is 29.7 Å². The van der Waals surface area contributed by atoms with E-state index in [2.05, 4.69) is 16.0 Å². The summed E-state index contributed by atoms with van der Waals surface area (Å²) >= 11 is 1.52. The fourth-order valence-electron chi connectivity index (χ4n) is 1.49. The zero-order chi connectivity index (χ0) is 8.84. The lowest BCUT2D eigenvalue weighted by molar-refractivity contribution is 1.11. The summed E-state index contributed by atoms with van der Waals surface area (Å²) in [6.07, 6.45) is 4.54. The Balaban J connectivity index is 2.20.